The minimum Gasteiger partial charge on any atom is -0.365 e. The summed E-state index contributed by atoms with van der Waals surface area (Å²) in [5.41, 5.74) is 3.14. The van der Waals surface area contributed by atoms with Crippen LogP contribution >= 0.6 is 0 Å². The normalized spacial score (nSPS) is 18.1. The molecule has 1 saturated heterocycles. The number of hydrogen-bond acceptors (Lipinski definition) is 4. The van der Waals surface area contributed by atoms with Gasteiger partial charge in [0, 0.05) is 32.4 Å². The smallest absolute Gasteiger partial charge is 0.243 e. The van der Waals surface area contributed by atoms with Crippen molar-refractivity contribution < 1.29 is 8.42 Å². The molecule has 0 saturated carbocycles. The summed E-state index contributed by atoms with van der Waals surface area (Å²) in [6.45, 7) is 2.53. The fourth-order valence-corrected chi connectivity index (χ4v) is 5.95. The Balaban J connectivity index is 1.41. The highest BCUT2D eigenvalue weighted by Crippen LogP contribution is 2.47. The van der Waals surface area contributed by atoms with Gasteiger partial charge in [-0.15, -0.1) is 0 Å². The van der Waals surface area contributed by atoms with Gasteiger partial charge in [-0.1, -0.05) is 48.5 Å². The molecular weight excluding hydrogens is 370 g/mol. The predicted octanol–water partition coefficient (Wildman–Crippen LogP) is 3.04. The Morgan fingerprint density at radius 2 is 1.54 bits per heavy atom. The lowest BCUT2D eigenvalue weighted by molar-refractivity contribution is 0.162. The molecule has 0 amide bonds. The lowest BCUT2D eigenvalue weighted by Crippen LogP contribution is -2.62. The van der Waals surface area contributed by atoms with Gasteiger partial charge >= 0.3 is 0 Å². The van der Waals surface area contributed by atoms with Crippen molar-refractivity contribution in [1.29, 1.82) is 0 Å². The second-order valence-electron chi connectivity index (χ2n) is 7.58. The maximum atomic E-state index is 12.9. The first kappa shape index (κ1) is 17.4. The van der Waals surface area contributed by atoms with Gasteiger partial charge in [-0.25, -0.2) is 8.42 Å². The molecule has 3 aromatic rings. The van der Waals surface area contributed by atoms with Crippen LogP contribution in [0, 0.1) is 0 Å². The van der Waals surface area contributed by atoms with Crippen LogP contribution in [0.5, 0.6) is 0 Å². The Bertz CT molecular complexity index is 1090. The van der Waals surface area contributed by atoms with Crippen molar-refractivity contribution >= 4 is 15.7 Å². The van der Waals surface area contributed by atoms with E-state index in [0.717, 1.165) is 24.5 Å². The van der Waals surface area contributed by atoms with Crippen molar-refractivity contribution in [3.8, 4) is 0 Å². The number of fused-ring (bicyclic) bond motifs is 2. The van der Waals surface area contributed by atoms with E-state index in [-0.39, 0.29) is 5.41 Å². The maximum absolute atomic E-state index is 12.9. The van der Waals surface area contributed by atoms with Crippen LogP contribution in [-0.4, -0.2) is 37.3 Å². The Morgan fingerprint density at radius 1 is 0.857 bits per heavy atom. The number of benzene rings is 2. The molecule has 3 heterocycles. The van der Waals surface area contributed by atoms with Crippen LogP contribution in [0.4, 0.5) is 5.69 Å². The van der Waals surface area contributed by atoms with E-state index in [2.05, 4.69) is 28.1 Å². The highest BCUT2D eigenvalue weighted by molar-refractivity contribution is 7.89. The lowest BCUT2D eigenvalue weighted by atomic mass is 9.80. The Morgan fingerprint density at radius 3 is 2.25 bits per heavy atom. The minimum atomic E-state index is -3.46. The third-order valence-electron chi connectivity index (χ3n) is 5.68. The van der Waals surface area contributed by atoms with Crippen LogP contribution in [0.25, 0.3) is 0 Å². The Kier molecular flexibility index (Phi) is 4.00. The molecule has 2 aliphatic rings. The van der Waals surface area contributed by atoms with Crippen molar-refractivity contribution in [2.75, 3.05) is 24.5 Å². The molecule has 2 aliphatic heterocycles. The number of anilines is 1. The Labute approximate surface area is 165 Å². The molecular formula is C22H21N3O2S. The van der Waals surface area contributed by atoms with E-state index in [0.29, 0.717) is 18.0 Å². The third-order valence-corrected chi connectivity index (χ3v) is 7.48. The standard InChI is InChI=1S/C22H21N3O2S/c26-28(27,19-10-5-2-6-11-19)25-16-22(17-25)15-24(14-18-8-3-1-4-9-18)20-12-7-13-23-21(20)22/h1-13H,14-17H2. The number of pyridine rings is 1. The summed E-state index contributed by atoms with van der Waals surface area (Å²) < 4.78 is 27.4. The number of aromatic nitrogens is 1. The number of hydrogen-bond donors (Lipinski definition) is 0. The minimum absolute atomic E-state index is 0.229. The number of nitrogens with zero attached hydrogens (tertiary/aromatic N) is 3. The number of rotatable bonds is 4. The van der Waals surface area contributed by atoms with Crippen molar-refractivity contribution in [2.24, 2.45) is 0 Å². The molecule has 1 fully saturated rings. The fourth-order valence-electron chi connectivity index (χ4n) is 4.32. The Hall–Kier alpha value is -2.70. The van der Waals surface area contributed by atoms with Crippen molar-refractivity contribution in [3.63, 3.8) is 0 Å². The number of sulfonamides is 1. The van der Waals surface area contributed by atoms with Crippen LogP contribution < -0.4 is 4.90 Å². The lowest BCUT2D eigenvalue weighted by Gasteiger charge is -2.46. The van der Waals surface area contributed by atoms with Crippen LogP contribution in [0.1, 0.15) is 11.3 Å². The zero-order chi connectivity index (χ0) is 19.2. The van der Waals surface area contributed by atoms with Gasteiger partial charge in [-0.2, -0.15) is 4.31 Å². The second kappa shape index (κ2) is 6.43. The van der Waals surface area contributed by atoms with Gasteiger partial charge in [0.25, 0.3) is 0 Å². The maximum Gasteiger partial charge on any atom is 0.243 e. The van der Waals surface area contributed by atoms with E-state index in [1.165, 1.54) is 5.56 Å². The molecule has 28 heavy (non-hydrogen) atoms. The SMILES string of the molecule is O=S(=O)(c1ccccc1)N1CC2(CN(Cc3ccccc3)c3cccnc32)C1. The first-order valence-electron chi connectivity index (χ1n) is 9.38. The zero-order valence-corrected chi connectivity index (χ0v) is 16.2. The van der Waals surface area contributed by atoms with E-state index >= 15 is 0 Å². The van der Waals surface area contributed by atoms with Crippen molar-refractivity contribution in [3.05, 3.63) is 90.3 Å². The average Bonchev–Trinajstić information content (AvgIpc) is 3.03. The molecule has 6 heteroatoms. The van der Waals surface area contributed by atoms with E-state index in [1.54, 1.807) is 34.8 Å². The molecule has 5 rings (SSSR count). The second-order valence-corrected chi connectivity index (χ2v) is 9.52. The topological polar surface area (TPSA) is 53.5 Å². The molecule has 0 radical (unpaired) electrons. The largest absolute Gasteiger partial charge is 0.365 e. The molecule has 1 aromatic heterocycles. The van der Waals surface area contributed by atoms with Crippen LogP contribution in [-0.2, 0) is 22.0 Å². The quantitative estimate of drug-likeness (QED) is 0.686. The van der Waals surface area contributed by atoms with Gasteiger partial charge in [-0.05, 0) is 29.8 Å². The summed E-state index contributed by atoms with van der Waals surface area (Å²) in [5.74, 6) is 0. The predicted molar refractivity (Wildman–Crippen MR) is 109 cm³/mol. The average molecular weight is 391 g/mol. The summed E-state index contributed by atoms with van der Waals surface area (Å²) in [7, 11) is -3.46. The van der Waals surface area contributed by atoms with Gasteiger partial charge in [0.1, 0.15) is 0 Å². The van der Waals surface area contributed by atoms with E-state index < -0.39 is 10.0 Å². The summed E-state index contributed by atoms with van der Waals surface area (Å²) in [6.07, 6.45) is 1.81. The molecule has 0 atom stereocenters. The van der Waals surface area contributed by atoms with E-state index in [1.807, 2.05) is 30.3 Å². The first-order chi connectivity index (χ1) is 13.6. The van der Waals surface area contributed by atoms with Gasteiger partial charge in [0.15, 0.2) is 0 Å². The summed E-state index contributed by atoms with van der Waals surface area (Å²) in [5, 5.41) is 0. The molecule has 0 N–H and O–H groups in total. The van der Waals surface area contributed by atoms with E-state index in [9.17, 15) is 8.42 Å². The summed E-state index contributed by atoms with van der Waals surface area (Å²) in [4.78, 5) is 7.33. The van der Waals surface area contributed by atoms with Crippen LogP contribution in [0.3, 0.4) is 0 Å². The highest BCUT2D eigenvalue weighted by atomic mass is 32.2. The van der Waals surface area contributed by atoms with Gasteiger partial charge in [-0.3, -0.25) is 4.98 Å². The van der Waals surface area contributed by atoms with Gasteiger partial charge in [0.2, 0.25) is 10.0 Å². The molecule has 2 aromatic carbocycles. The van der Waals surface area contributed by atoms with Crippen molar-refractivity contribution in [2.45, 2.75) is 16.9 Å². The highest BCUT2D eigenvalue weighted by Gasteiger charge is 2.55. The monoisotopic (exact) mass is 391 g/mol. The third kappa shape index (κ3) is 2.72. The first-order valence-corrected chi connectivity index (χ1v) is 10.8. The van der Waals surface area contributed by atoms with Crippen molar-refractivity contribution in [1.82, 2.24) is 9.29 Å². The van der Waals surface area contributed by atoms with Gasteiger partial charge in [0.05, 0.1) is 21.7 Å². The van der Waals surface area contributed by atoms with Gasteiger partial charge < -0.3 is 4.90 Å². The summed E-state index contributed by atoms with van der Waals surface area (Å²) in [6, 6.07) is 23.0. The molecule has 1 spiro atoms. The molecule has 0 bridgehead atoms. The molecule has 5 nitrogen and oxygen atoms in total. The summed E-state index contributed by atoms with van der Waals surface area (Å²) >= 11 is 0. The van der Waals surface area contributed by atoms with Crippen LogP contribution in [0.2, 0.25) is 0 Å². The zero-order valence-electron chi connectivity index (χ0n) is 15.4. The van der Waals surface area contributed by atoms with Crippen LogP contribution in [0.15, 0.2) is 83.9 Å². The molecule has 0 aliphatic carbocycles. The fraction of sp³-hybridized carbons (Fsp3) is 0.227. The molecule has 0 unspecified atom stereocenters. The van der Waals surface area contributed by atoms with E-state index in [4.69, 9.17) is 0 Å². The molecule has 142 valence electrons.